The smallest absolute Gasteiger partial charge is 0.261 e. The third-order valence-electron chi connectivity index (χ3n) is 3.43. The maximum absolute atomic E-state index is 12.6. The monoisotopic (exact) mass is 376 g/mol. The summed E-state index contributed by atoms with van der Waals surface area (Å²) in [5.41, 5.74) is 0.499. The van der Waals surface area contributed by atoms with Crippen LogP contribution < -0.4 is 19.5 Å². The molecule has 0 fully saturated rings. The molecule has 0 bridgehead atoms. The van der Waals surface area contributed by atoms with E-state index in [2.05, 4.69) is 16.6 Å². The van der Waals surface area contributed by atoms with E-state index in [0.717, 1.165) is 0 Å². The quantitative estimate of drug-likeness (QED) is 0.690. The van der Waals surface area contributed by atoms with Gasteiger partial charge in [0.15, 0.2) is 0 Å². The van der Waals surface area contributed by atoms with E-state index in [0.29, 0.717) is 18.0 Å². The first-order chi connectivity index (χ1) is 12.4. The fourth-order valence-electron chi connectivity index (χ4n) is 2.15. The van der Waals surface area contributed by atoms with E-state index >= 15 is 0 Å². The van der Waals surface area contributed by atoms with Crippen LogP contribution in [0.1, 0.15) is 10.4 Å². The van der Waals surface area contributed by atoms with Crippen LogP contribution >= 0.6 is 0 Å². The highest BCUT2D eigenvalue weighted by atomic mass is 32.2. The van der Waals surface area contributed by atoms with Gasteiger partial charge in [0, 0.05) is 12.7 Å². The number of rotatable bonds is 8. The number of hydrogen-bond acceptors (Lipinski definition) is 5. The average molecular weight is 376 g/mol. The summed E-state index contributed by atoms with van der Waals surface area (Å²) in [5.74, 6) is 0.439. The van der Waals surface area contributed by atoms with Gasteiger partial charge in [-0.25, -0.2) is 8.42 Å². The first-order valence-electron chi connectivity index (χ1n) is 7.68. The van der Waals surface area contributed by atoms with Crippen LogP contribution in [0.5, 0.6) is 11.5 Å². The molecule has 0 heterocycles. The zero-order valence-electron chi connectivity index (χ0n) is 14.5. The number of amides is 1. The Morgan fingerprint density at radius 3 is 2.46 bits per heavy atom. The van der Waals surface area contributed by atoms with Crippen LogP contribution in [0.25, 0.3) is 0 Å². The molecule has 2 N–H and O–H groups in total. The van der Waals surface area contributed by atoms with Crippen molar-refractivity contribution in [2.45, 2.75) is 4.90 Å². The third kappa shape index (κ3) is 4.54. The molecule has 0 aliphatic carbocycles. The fourth-order valence-corrected chi connectivity index (χ4v) is 3.24. The summed E-state index contributed by atoms with van der Waals surface area (Å²) in [7, 11) is -1.01. The van der Waals surface area contributed by atoms with Crippen molar-refractivity contribution in [2.75, 3.05) is 25.5 Å². The summed E-state index contributed by atoms with van der Waals surface area (Å²) >= 11 is 0. The van der Waals surface area contributed by atoms with Crippen LogP contribution in [0.2, 0.25) is 0 Å². The predicted octanol–water partition coefficient (Wildman–Crippen LogP) is 2.42. The van der Waals surface area contributed by atoms with Crippen LogP contribution in [0.3, 0.4) is 0 Å². The zero-order valence-corrected chi connectivity index (χ0v) is 15.3. The van der Waals surface area contributed by atoms with Crippen LogP contribution in [-0.2, 0) is 10.0 Å². The number of methoxy groups -OCH3 is 1. The number of benzene rings is 2. The normalized spacial score (nSPS) is 10.7. The van der Waals surface area contributed by atoms with Crippen molar-refractivity contribution < 1.29 is 22.7 Å². The van der Waals surface area contributed by atoms with Gasteiger partial charge in [0.2, 0.25) is 0 Å². The molecule has 1 amide bonds. The summed E-state index contributed by atoms with van der Waals surface area (Å²) in [6, 6.07) is 10.5. The number of nitrogens with one attached hydrogen (secondary N) is 2. The lowest BCUT2D eigenvalue weighted by Gasteiger charge is -2.12. The van der Waals surface area contributed by atoms with Gasteiger partial charge in [-0.05, 0) is 42.5 Å². The van der Waals surface area contributed by atoms with Gasteiger partial charge in [-0.3, -0.25) is 9.52 Å². The Morgan fingerprint density at radius 1 is 1.19 bits per heavy atom. The second-order valence-electron chi connectivity index (χ2n) is 5.17. The molecule has 0 saturated carbocycles. The van der Waals surface area contributed by atoms with Crippen LogP contribution in [-0.4, -0.2) is 35.1 Å². The topological polar surface area (TPSA) is 93.7 Å². The molecule has 0 aliphatic heterocycles. The average Bonchev–Trinajstić information content (AvgIpc) is 2.66. The molecule has 26 heavy (non-hydrogen) atoms. The molecular formula is C18H20N2O5S. The van der Waals surface area contributed by atoms with Crippen molar-refractivity contribution in [3.05, 3.63) is 60.7 Å². The highest BCUT2D eigenvalue weighted by molar-refractivity contribution is 7.92. The van der Waals surface area contributed by atoms with Gasteiger partial charge in [-0.2, -0.15) is 0 Å². The van der Waals surface area contributed by atoms with E-state index in [1.165, 1.54) is 32.4 Å². The van der Waals surface area contributed by atoms with Gasteiger partial charge in [0.1, 0.15) is 18.1 Å². The summed E-state index contributed by atoms with van der Waals surface area (Å²) in [6.45, 7) is 3.92. The maximum Gasteiger partial charge on any atom is 0.261 e. The second-order valence-corrected chi connectivity index (χ2v) is 6.85. The minimum atomic E-state index is -3.87. The third-order valence-corrected chi connectivity index (χ3v) is 4.81. The SMILES string of the molecule is C=CCOc1ccc(NS(=O)(=O)c2ccc(OC)c(C(=O)NC)c2)cc1. The van der Waals surface area contributed by atoms with Crippen molar-refractivity contribution in [1.82, 2.24) is 5.32 Å². The fraction of sp³-hybridized carbons (Fsp3) is 0.167. The molecule has 138 valence electrons. The number of carbonyl (C=O) groups excluding carboxylic acids is 1. The maximum atomic E-state index is 12.6. The molecule has 0 saturated heterocycles. The molecular weight excluding hydrogens is 356 g/mol. The standard InChI is InChI=1S/C18H20N2O5S/c1-4-11-25-14-7-5-13(6-8-14)20-26(22,23)15-9-10-17(24-3)16(12-15)18(21)19-2/h4-10,12,20H,1,11H2,2-3H3,(H,19,21). The summed E-state index contributed by atoms with van der Waals surface area (Å²) in [5, 5.41) is 2.45. The van der Waals surface area contributed by atoms with Gasteiger partial charge < -0.3 is 14.8 Å². The molecule has 0 aromatic heterocycles. The lowest BCUT2D eigenvalue weighted by molar-refractivity contribution is 0.0960. The van der Waals surface area contributed by atoms with Gasteiger partial charge >= 0.3 is 0 Å². The Hall–Kier alpha value is -3.00. The molecule has 0 atom stereocenters. The van der Waals surface area contributed by atoms with E-state index in [9.17, 15) is 13.2 Å². The first kappa shape index (κ1) is 19.3. The van der Waals surface area contributed by atoms with Crippen molar-refractivity contribution in [2.24, 2.45) is 0 Å². The summed E-state index contributed by atoms with van der Waals surface area (Å²) in [6.07, 6.45) is 1.62. The summed E-state index contributed by atoms with van der Waals surface area (Å²) in [4.78, 5) is 11.9. The van der Waals surface area contributed by atoms with Crippen LogP contribution in [0, 0.1) is 0 Å². The minimum Gasteiger partial charge on any atom is -0.496 e. The van der Waals surface area contributed by atoms with Crippen molar-refractivity contribution >= 4 is 21.6 Å². The van der Waals surface area contributed by atoms with E-state index in [1.54, 1.807) is 30.3 Å². The van der Waals surface area contributed by atoms with Gasteiger partial charge in [-0.1, -0.05) is 12.7 Å². The Balaban J connectivity index is 2.27. The highest BCUT2D eigenvalue weighted by Crippen LogP contribution is 2.25. The number of hydrogen-bond donors (Lipinski definition) is 2. The van der Waals surface area contributed by atoms with Crippen molar-refractivity contribution in [3.63, 3.8) is 0 Å². The molecule has 7 nitrogen and oxygen atoms in total. The van der Waals surface area contributed by atoms with Crippen molar-refractivity contribution in [1.29, 1.82) is 0 Å². The highest BCUT2D eigenvalue weighted by Gasteiger charge is 2.19. The van der Waals surface area contributed by atoms with E-state index in [4.69, 9.17) is 9.47 Å². The Labute approximate surface area is 152 Å². The number of ether oxygens (including phenoxy) is 2. The Kier molecular flexibility index (Phi) is 6.24. The minimum absolute atomic E-state index is 0.0520. The van der Waals surface area contributed by atoms with Crippen LogP contribution in [0.4, 0.5) is 5.69 Å². The first-order valence-corrected chi connectivity index (χ1v) is 9.16. The lowest BCUT2D eigenvalue weighted by atomic mass is 10.2. The molecule has 0 spiro atoms. The largest absolute Gasteiger partial charge is 0.496 e. The van der Waals surface area contributed by atoms with Crippen molar-refractivity contribution in [3.8, 4) is 11.5 Å². The molecule has 0 aliphatic rings. The molecule has 2 aromatic rings. The molecule has 8 heteroatoms. The van der Waals surface area contributed by atoms with E-state index < -0.39 is 15.9 Å². The number of sulfonamides is 1. The Morgan fingerprint density at radius 2 is 1.88 bits per heavy atom. The number of anilines is 1. The second kappa shape index (κ2) is 8.39. The van der Waals surface area contributed by atoms with E-state index in [1.807, 2.05) is 0 Å². The number of carbonyl (C=O) groups is 1. The lowest BCUT2D eigenvalue weighted by Crippen LogP contribution is -2.20. The molecule has 0 unspecified atom stereocenters. The van der Waals surface area contributed by atoms with E-state index in [-0.39, 0.29) is 16.2 Å². The molecule has 2 rings (SSSR count). The van der Waals surface area contributed by atoms with Gasteiger partial charge in [-0.15, -0.1) is 0 Å². The Bertz CT molecular complexity index is 892. The zero-order chi connectivity index (χ0) is 19.2. The van der Waals surface area contributed by atoms with Crippen LogP contribution in [0.15, 0.2) is 60.0 Å². The molecule has 2 aromatic carbocycles. The summed E-state index contributed by atoms with van der Waals surface area (Å²) < 4.78 is 38.1. The van der Waals surface area contributed by atoms with Gasteiger partial charge in [0.05, 0.1) is 17.6 Å². The molecule has 0 radical (unpaired) electrons. The predicted molar refractivity (Wildman–Crippen MR) is 99.3 cm³/mol. The van der Waals surface area contributed by atoms with Gasteiger partial charge in [0.25, 0.3) is 15.9 Å².